The highest BCUT2D eigenvalue weighted by atomic mass is 19.3. The molecule has 4 N–H and O–H groups in total. The molecule has 0 saturated heterocycles. The molecule has 2 aromatic rings. The van der Waals surface area contributed by atoms with Gasteiger partial charge in [-0.25, -0.2) is 18.6 Å². The van der Waals surface area contributed by atoms with Crippen molar-refractivity contribution >= 4 is 28.7 Å². The number of aromatic amines is 1. The third-order valence-electron chi connectivity index (χ3n) is 2.82. The summed E-state index contributed by atoms with van der Waals surface area (Å²) in [5, 5.41) is 13.5. The Hall–Kier alpha value is -2.71. The summed E-state index contributed by atoms with van der Waals surface area (Å²) in [4.78, 5) is 28.1. The fourth-order valence-electron chi connectivity index (χ4n) is 1.83. The predicted molar refractivity (Wildman–Crippen MR) is 74.9 cm³/mol. The van der Waals surface area contributed by atoms with E-state index in [0.29, 0.717) is 23.1 Å². The zero-order valence-electron chi connectivity index (χ0n) is 11.4. The minimum atomic E-state index is -2.69. The minimum absolute atomic E-state index is 0.0310. The van der Waals surface area contributed by atoms with Gasteiger partial charge in [-0.05, 0) is 24.6 Å². The first-order valence-corrected chi connectivity index (χ1v) is 6.50. The molecule has 0 bridgehead atoms. The maximum atomic E-state index is 12.5. The van der Waals surface area contributed by atoms with Gasteiger partial charge in [-0.1, -0.05) is 0 Å². The highest BCUT2D eigenvalue weighted by Gasteiger charge is 2.13. The number of aliphatic carboxylic acids is 1. The molecule has 0 aliphatic carbocycles. The Kier molecular flexibility index (Phi) is 4.87. The van der Waals surface area contributed by atoms with Crippen LogP contribution in [0, 0.1) is 0 Å². The number of amides is 2. The molecule has 1 heterocycles. The molecule has 118 valence electrons. The second-order valence-corrected chi connectivity index (χ2v) is 4.53. The smallest absolute Gasteiger partial charge is 0.319 e. The number of aromatic nitrogens is 2. The molecule has 2 rings (SSSR count). The highest BCUT2D eigenvalue weighted by molar-refractivity contribution is 5.91. The van der Waals surface area contributed by atoms with Gasteiger partial charge in [0.25, 0.3) is 6.43 Å². The first-order chi connectivity index (χ1) is 10.5. The number of nitrogens with one attached hydrogen (secondary N) is 3. The second kappa shape index (κ2) is 6.83. The van der Waals surface area contributed by atoms with Crippen LogP contribution in [-0.4, -0.2) is 33.6 Å². The number of urea groups is 1. The number of hydrogen-bond acceptors (Lipinski definition) is 3. The van der Waals surface area contributed by atoms with Crippen molar-refractivity contribution in [3.05, 3.63) is 24.0 Å². The van der Waals surface area contributed by atoms with E-state index < -0.39 is 24.3 Å². The molecule has 0 unspecified atom stereocenters. The summed E-state index contributed by atoms with van der Waals surface area (Å²) in [6.45, 7) is 0.222. The number of rotatable bonds is 6. The van der Waals surface area contributed by atoms with Crippen LogP contribution in [-0.2, 0) is 4.79 Å². The van der Waals surface area contributed by atoms with Gasteiger partial charge < -0.3 is 20.7 Å². The van der Waals surface area contributed by atoms with E-state index in [-0.39, 0.29) is 13.0 Å². The number of carboxylic acids is 1. The molecule has 22 heavy (non-hydrogen) atoms. The average molecular weight is 312 g/mol. The van der Waals surface area contributed by atoms with Gasteiger partial charge in [0.15, 0.2) is 5.82 Å². The molecule has 1 aromatic carbocycles. The number of nitrogens with zero attached hydrogens (tertiary/aromatic N) is 1. The molecule has 0 saturated carbocycles. The monoisotopic (exact) mass is 312 g/mol. The molecular formula is C13H14F2N4O3. The van der Waals surface area contributed by atoms with Gasteiger partial charge in [-0.3, -0.25) is 4.79 Å². The van der Waals surface area contributed by atoms with E-state index >= 15 is 0 Å². The molecule has 7 nitrogen and oxygen atoms in total. The largest absolute Gasteiger partial charge is 0.481 e. The number of carbonyl (C=O) groups excluding carboxylic acids is 1. The number of H-pyrrole nitrogens is 1. The molecule has 0 radical (unpaired) electrons. The van der Waals surface area contributed by atoms with Crippen molar-refractivity contribution in [3.63, 3.8) is 0 Å². The topological polar surface area (TPSA) is 107 Å². The van der Waals surface area contributed by atoms with Gasteiger partial charge in [0, 0.05) is 18.7 Å². The average Bonchev–Trinajstić information content (AvgIpc) is 2.87. The fourth-order valence-corrected chi connectivity index (χ4v) is 1.83. The summed E-state index contributed by atoms with van der Waals surface area (Å²) >= 11 is 0. The van der Waals surface area contributed by atoms with Crippen LogP contribution in [0.1, 0.15) is 25.1 Å². The molecule has 0 atom stereocenters. The molecule has 0 aliphatic rings. The number of benzene rings is 1. The Morgan fingerprint density at radius 1 is 1.36 bits per heavy atom. The van der Waals surface area contributed by atoms with Crippen LogP contribution < -0.4 is 10.6 Å². The predicted octanol–water partition coefficient (Wildman–Crippen LogP) is 2.49. The molecule has 0 aliphatic heterocycles. The van der Waals surface area contributed by atoms with Crippen LogP contribution >= 0.6 is 0 Å². The zero-order chi connectivity index (χ0) is 16.1. The van der Waals surface area contributed by atoms with Gasteiger partial charge in [-0.2, -0.15) is 0 Å². The highest BCUT2D eigenvalue weighted by Crippen LogP contribution is 2.22. The SMILES string of the molecule is O=C(O)CCCNC(=O)Nc1ccc2nc(C(F)F)[nH]c2c1. The first kappa shape index (κ1) is 15.7. The van der Waals surface area contributed by atoms with Gasteiger partial charge in [0.2, 0.25) is 0 Å². The van der Waals surface area contributed by atoms with E-state index in [4.69, 9.17) is 5.11 Å². The molecular weight excluding hydrogens is 298 g/mol. The number of hydrogen-bond donors (Lipinski definition) is 4. The van der Waals surface area contributed by atoms with Gasteiger partial charge in [0.1, 0.15) is 0 Å². The van der Waals surface area contributed by atoms with Crippen molar-refractivity contribution in [3.8, 4) is 0 Å². The summed E-state index contributed by atoms with van der Waals surface area (Å²) in [6.07, 6.45) is -2.40. The van der Waals surface area contributed by atoms with E-state index in [0.717, 1.165) is 0 Å². The van der Waals surface area contributed by atoms with E-state index in [1.54, 1.807) is 0 Å². The van der Waals surface area contributed by atoms with Gasteiger partial charge >= 0.3 is 12.0 Å². The second-order valence-electron chi connectivity index (χ2n) is 4.53. The van der Waals surface area contributed by atoms with Crippen LogP contribution in [0.4, 0.5) is 19.3 Å². The maximum absolute atomic E-state index is 12.5. The standard InChI is InChI=1S/C13H14F2N4O3/c14-11(15)12-18-8-4-3-7(6-9(8)19-12)17-13(22)16-5-1-2-10(20)21/h3-4,6,11H,1-2,5H2,(H,18,19)(H,20,21)(H2,16,17,22). The number of carbonyl (C=O) groups is 2. The van der Waals surface area contributed by atoms with E-state index in [1.165, 1.54) is 18.2 Å². The van der Waals surface area contributed by atoms with Crippen molar-refractivity contribution < 1.29 is 23.5 Å². The van der Waals surface area contributed by atoms with Gasteiger partial charge in [0.05, 0.1) is 11.0 Å². The third-order valence-corrected chi connectivity index (χ3v) is 2.82. The molecule has 1 aromatic heterocycles. The number of alkyl halides is 2. The quantitative estimate of drug-likeness (QED) is 0.615. The lowest BCUT2D eigenvalue weighted by atomic mass is 10.3. The third kappa shape index (κ3) is 4.14. The summed E-state index contributed by atoms with van der Waals surface area (Å²) in [5.41, 5.74) is 1.18. The van der Waals surface area contributed by atoms with Crippen molar-refractivity contribution in [2.45, 2.75) is 19.3 Å². The number of imidazole rings is 1. The van der Waals surface area contributed by atoms with Gasteiger partial charge in [-0.15, -0.1) is 0 Å². The minimum Gasteiger partial charge on any atom is -0.481 e. The van der Waals surface area contributed by atoms with Crippen molar-refractivity contribution in [2.75, 3.05) is 11.9 Å². The molecule has 0 spiro atoms. The first-order valence-electron chi connectivity index (χ1n) is 6.50. The maximum Gasteiger partial charge on any atom is 0.319 e. The number of fused-ring (bicyclic) bond motifs is 1. The normalized spacial score (nSPS) is 10.9. The van der Waals surface area contributed by atoms with E-state index in [9.17, 15) is 18.4 Å². The molecule has 9 heteroatoms. The van der Waals surface area contributed by atoms with Crippen LogP contribution in [0.25, 0.3) is 11.0 Å². The Bertz CT molecular complexity index is 687. The summed E-state index contributed by atoms with van der Waals surface area (Å²) < 4.78 is 25.1. The van der Waals surface area contributed by atoms with Crippen LogP contribution in [0.2, 0.25) is 0 Å². The number of anilines is 1. The van der Waals surface area contributed by atoms with Crippen molar-refractivity contribution in [1.29, 1.82) is 0 Å². The fraction of sp³-hybridized carbons (Fsp3) is 0.308. The summed E-state index contributed by atoms with van der Waals surface area (Å²) in [5.74, 6) is -1.35. The number of carboxylic acid groups (broad SMARTS) is 1. The summed E-state index contributed by atoms with van der Waals surface area (Å²) in [7, 11) is 0. The molecule has 0 fully saturated rings. The Morgan fingerprint density at radius 3 is 2.82 bits per heavy atom. The Morgan fingerprint density at radius 2 is 2.14 bits per heavy atom. The number of halogens is 2. The Labute approximate surface area is 123 Å². The lowest BCUT2D eigenvalue weighted by molar-refractivity contribution is -0.137. The zero-order valence-corrected chi connectivity index (χ0v) is 11.4. The van der Waals surface area contributed by atoms with Crippen LogP contribution in [0.15, 0.2) is 18.2 Å². The van der Waals surface area contributed by atoms with Crippen LogP contribution in [0.3, 0.4) is 0 Å². The van der Waals surface area contributed by atoms with E-state index in [2.05, 4.69) is 20.6 Å². The molecule has 2 amide bonds. The van der Waals surface area contributed by atoms with Crippen LogP contribution in [0.5, 0.6) is 0 Å². The lowest BCUT2D eigenvalue weighted by Gasteiger charge is -2.06. The van der Waals surface area contributed by atoms with Crippen molar-refractivity contribution in [2.24, 2.45) is 0 Å². The van der Waals surface area contributed by atoms with Crippen molar-refractivity contribution in [1.82, 2.24) is 15.3 Å². The lowest BCUT2D eigenvalue weighted by Crippen LogP contribution is -2.29. The summed E-state index contributed by atoms with van der Waals surface area (Å²) in [6, 6.07) is 4.04. The Balaban J connectivity index is 1.93. The van der Waals surface area contributed by atoms with E-state index in [1.807, 2.05) is 0 Å².